The van der Waals surface area contributed by atoms with E-state index in [-0.39, 0.29) is 34.5 Å². The van der Waals surface area contributed by atoms with Crippen LogP contribution in [0.1, 0.15) is 16.1 Å². The Morgan fingerprint density at radius 3 is 2.36 bits per heavy atom. The second-order valence-corrected chi connectivity index (χ2v) is 12.3. The standard InChI is InChI=1S/C31H24F2N6O5S/c1-34-30(40)28-24-13-22(26(38(2)45(3,42)43)14-27(24)44-29(28)17-4-7-19(32)8-5-17)18-6-11-25-23(12-18)31(41)39(37-36-25)16-21-10-9-20(33)15-35-21/h4-15H,16H2,1-3H3,(H,34,40). The molecule has 6 aromatic rings. The molecule has 0 radical (unpaired) electrons. The second-order valence-electron chi connectivity index (χ2n) is 10.2. The fourth-order valence-corrected chi connectivity index (χ4v) is 5.47. The van der Waals surface area contributed by atoms with E-state index in [1.54, 1.807) is 24.3 Å². The Kier molecular flexibility index (Phi) is 7.36. The minimum absolute atomic E-state index is 0.0586. The average molecular weight is 631 g/mol. The molecule has 1 N–H and O–H groups in total. The minimum atomic E-state index is -3.78. The largest absolute Gasteiger partial charge is 0.455 e. The van der Waals surface area contributed by atoms with Crippen LogP contribution in [-0.4, -0.2) is 54.7 Å². The van der Waals surface area contributed by atoms with Gasteiger partial charge in [0.25, 0.3) is 11.5 Å². The van der Waals surface area contributed by atoms with Crippen LogP contribution < -0.4 is 15.2 Å². The number of benzene rings is 3. The number of pyridine rings is 1. The number of nitrogens with one attached hydrogen (secondary N) is 1. The van der Waals surface area contributed by atoms with Gasteiger partial charge in [-0.15, -0.1) is 5.10 Å². The summed E-state index contributed by atoms with van der Waals surface area (Å²) in [4.78, 5) is 30.6. The number of hydrogen-bond acceptors (Lipinski definition) is 8. The maximum Gasteiger partial charge on any atom is 0.277 e. The van der Waals surface area contributed by atoms with Gasteiger partial charge in [0.15, 0.2) is 0 Å². The molecule has 3 heterocycles. The van der Waals surface area contributed by atoms with E-state index < -0.39 is 33.1 Å². The van der Waals surface area contributed by atoms with Crippen LogP contribution in [0.3, 0.4) is 0 Å². The molecule has 0 bridgehead atoms. The second kappa shape index (κ2) is 11.2. The summed E-state index contributed by atoms with van der Waals surface area (Å²) in [5, 5.41) is 11.3. The normalized spacial score (nSPS) is 11.7. The van der Waals surface area contributed by atoms with Crippen molar-refractivity contribution in [2.45, 2.75) is 6.54 Å². The van der Waals surface area contributed by atoms with E-state index in [9.17, 15) is 26.8 Å². The van der Waals surface area contributed by atoms with Gasteiger partial charge in [0.05, 0.1) is 41.3 Å². The number of hydrogen-bond donors (Lipinski definition) is 1. The van der Waals surface area contributed by atoms with Gasteiger partial charge in [0, 0.05) is 36.7 Å². The molecule has 0 aliphatic carbocycles. The smallest absolute Gasteiger partial charge is 0.277 e. The maximum atomic E-state index is 13.7. The van der Waals surface area contributed by atoms with Crippen molar-refractivity contribution >= 4 is 43.5 Å². The first-order chi connectivity index (χ1) is 21.4. The van der Waals surface area contributed by atoms with Crippen LogP contribution in [0.15, 0.2) is 82.1 Å². The van der Waals surface area contributed by atoms with E-state index in [4.69, 9.17) is 4.42 Å². The number of anilines is 1. The molecule has 0 saturated heterocycles. The molecule has 0 saturated carbocycles. The van der Waals surface area contributed by atoms with Gasteiger partial charge in [-0.25, -0.2) is 21.9 Å². The molecule has 0 aliphatic rings. The Labute approximate surface area is 254 Å². The van der Waals surface area contributed by atoms with Crippen molar-refractivity contribution in [3.63, 3.8) is 0 Å². The predicted octanol–water partition coefficient (Wildman–Crippen LogP) is 4.35. The minimum Gasteiger partial charge on any atom is -0.455 e. The molecule has 0 aliphatic heterocycles. The van der Waals surface area contributed by atoms with Gasteiger partial charge in [-0.2, -0.15) is 0 Å². The van der Waals surface area contributed by atoms with E-state index in [0.717, 1.165) is 21.4 Å². The van der Waals surface area contributed by atoms with E-state index in [0.29, 0.717) is 33.3 Å². The van der Waals surface area contributed by atoms with Gasteiger partial charge in [-0.05, 0) is 60.2 Å². The van der Waals surface area contributed by atoms with Crippen molar-refractivity contribution in [3.8, 4) is 22.5 Å². The number of furan rings is 1. The van der Waals surface area contributed by atoms with Gasteiger partial charge in [0.2, 0.25) is 10.0 Å². The summed E-state index contributed by atoms with van der Waals surface area (Å²) in [6.07, 6.45) is 2.08. The first-order valence-electron chi connectivity index (χ1n) is 13.5. The molecule has 11 nitrogen and oxygen atoms in total. The van der Waals surface area contributed by atoms with E-state index in [1.807, 2.05) is 0 Å². The summed E-state index contributed by atoms with van der Waals surface area (Å²) in [5.74, 6) is -1.30. The highest BCUT2D eigenvalue weighted by Gasteiger charge is 2.26. The third-order valence-electron chi connectivity index (χ3n) is 7.34. The molecule has 0 unspecified atom stereocenters. The molecule has 0 spiro atoms. The van der Waals surface area contributed by atoms with Crippen molar-refractivity contribution in [3.05, 3.63) is 106 Å². The summed E-state index contributed by atoms with van der Waals surface area (Å²) in [6, 6.07) is 16.0. The van der Waals surface area contributed by atoms with Crippen molar-refractivity contribution in [2.75, 3.05) is 24.7 Å². The first-order valence-corrected chi connectivity index (χ1v) is 15.3. The van der Waals surface area contributed by atoms with Crippen molar-refractivity contribution in [1.29, 1.82) is 0 Å². The Balaban J connectivity index is 1.58. The molecule has 0 fully saturated rings. The third-order valence-corrected chi connectivity index (χ3v) is 8.53. The topological polar surface area (TPSA) is 140 Å². The van der Waals surface area contributed by atoms with Crippen LogP contribution in [0.2, 0.25) is 0 Å². The van der Waals surface area contributed by atoms with Gasteiger partial charge < -0.3 is 9.73 Å². The molecule has 14 heteroatoms. The number of fused-ring (bicyclic) bond motifs is 2. The molecule has 228 valence electrons. The zero-order valence-electron chi connectivity index (χ0n) is 24.1. The highest BCUT2D eigenvalue weighted by molar-refractivity contribution is 7.92. The summed E-state index contributed by atoms with van der Waals surface area (Å²) >= 11 is 0. The number of carbonyl (C=O) groups is 1. The van der Waals surface area contributed by atoms with Gasteiger partial charge in [-0.1, -0.05) is 11.3 Å². The van der Waals surface area contributed by atoms with Crippen molar-refractivity contribution in [1.82, 2.24) is 25.3 Å². The van der Waals surface area contributed by atoms with E-state index in [2.05, 4.69) is 20.6 Å². The molecule has 1 amide bonds. The summed E-state index contributed by atoms with van der Waals surface area (Å²) in [5.41, 5.74) is 2.02. The van der Waals surface area contributed by atoms with Crippen LogP contribution in [0.5, 0.6) is 0 Å². The molecule has 6 rings (SSSR count). The zero-order chi connectivity index (χ0) is 32.0. The van der Waals surface area contributed by atoms with Crippen molar-refractivity contribution < 1.29 is 26.4 Å². The van der Waals surface area contributed by atoms with E-state index in [1.165, 1.54) is 56.6 Å². The maximum absolute atomic E-state index is 13.7. The number of rotatable bonds is 7. The van der Waals surface area contributed by atoms with Gasteiger partial charge in [0.1, 0.15) is 28.5 Å². The van der Waals surface area contributed by atoms with Crippen LogP contribution in [0.4, 0.5) is 14.5 Å². The molecule has 3 aromatic heterocycles. The summed E-state index contributed by atoms with van der Waals surface area (Å²) in [6.45, 7) is -0.0586. The monoisotopic (exact) mass is 630 g/mol. The Morgan fingerprint density at radius 2 is 1.69 bits per heavy atom. The Bertz CT molecular complexity index is 2290. The quantitative estimate of drug-likeness (QED) is 0.275. The number of amides is 1. The highest BCUT2D eigenvalue weighted by atomic mass is 32.2. The summed E-state index contributed by atoms with van der Waals surface area (Å²) in [7, 11) is -0.951. The molecular weight excluding hydrogens is 606 g/mol. The average Bonchev–Trinajstić information content (AvgIpc) is 3.40. The van der Waals surface area contributed by atoms with Crippen LogP contribution in [-0.2, 0) is 16.6 Å². The molecule has 0 atom stereocenters. The predicted molar refractivity (Wildman–Crippen MR) is 164 cm³/mol. The lowest BCUT2D eigenvalue weighted by Gasteiger charge is -2.21. The van der Waals surface area contributed by atoms with Gasteiger partial charge in [-0.3, -0.25) is 18.9 Å². The SMILES string of the molecule is CNC(=O)c1c(-c2ccc(F)cc2)oc2cc(N(C)S(C)(=O)=O)c(-c3ccc4nnn(Cc5ccc(F)cn5)c(=O)c4c3)cc12. The number of aromatic nitrogens is 4. The Hall–Kier alpha value is -5.50. The van der Waals surface area contributed by atoms with Crippen molar-refractivity contribution in [2.24, 2.45) is 0 Å². The van der Waals surface area contributed by atoms with Gasteiger partial charge >= 0.3 is 0 Å². The molecular formula is C31H24F2N6O5S. The first kappa shape index (κ1) is 29.6. The lowest BCUT2D eigenvalue weighted by Crippen LogP contribution is -2.26. The lowest BCUT2D eigenvalue weighted by molar-refractivity contribution is 0.0964. The number of nitrogens with zero attached hydrogens (tertiary/aromatic N) is 5. The molecule has 3 aromatic carbocycles. The fourth-order valence-electron chi connectivity index (χ4n) is 4.96. The number of carbonyl (C=O) groups excluding carboxylic acids is 1. The highest BCUT2D eigenvalue weighted by Crippen LogP contribution is 2.41. The van der Waals surface area contributed by atoms with Crippen LogP contribution in [0.25, 0.3) is 44.3 Å². The molecule has 45 heavy (non-hydrogen) atoms. The van der Waals surface area contributed by atoms with Crippen LogP contribution in [0, 0.1) is 11.6 Å². The Morgan fingerprint density at radius 1 is 0.978 bits per heavy atom. The third kappa shape index (κ3) is 5.51. The van der Waals surface area contributed by atoms with E-state index >= 15 is 0 Å². The summed E-state index contributed by atoms with van der Waals surface area (Å²) < 4.78 is 60.7. The number of sulfonamides is 1. The van der Waals surface area contributed by atoms with Crippen LogP contribution >= 0.6 is 0 Å². The number of halogens is 2. The zero-order valence-corrected chi connectivity index (χ0v) is 24.9. The fraction of sp³-hybridized carbons (Fsp3) is 0.129. The lowest BCUT2D eigenvalue weighted by atomic mass is 9.97.